The third-order valence-corrected chi connectivity index (χ3v) is 2.27. The quantitative estimate of drug-likeness (QED) is 0.773. The molecule has 0 saturated carbocycles. The molecular formula is C8H12F3N5O. The summed E-state index contributed by atoms with van der Waals surface area (Å²) in [5.74, 6) is -0.982. The number of amides is 1. The molecule has 3 N–H and O–H groups in total. The Morgan fingerprint density at radius 3 is 2.59 bits per heavy atom. The molecule has 1 unspecified atom stereocenters. The molecule has 0 aliphatic rings. The summed E-state index contributed by atoms with van der Waals surface area (Å²) in [6.45, 7) is 0.442. The standard InChI is InChI=1S/C8H12F3N5O/c1-7(12,8(9,10)11)6(17)13-3-5-15-14-4-16(5)2/h4H,3,12H2,1-2H3,(H,13,17). The van der Waals surface area contributed by atoms with E-state index in [0.29, 0.717) is 12.7 Å². The van der Waals surface area contributed by atoms with E-state index in [1.54, 1.807) is 7.05 Å². The van der Waals surface area contributed by atoms with Gasteiger partial charge in [-0.05, 0) is 6.92 Å². The second kappa shape index (κ2) is 4.32. The number of aromatic nitrogens is 3. The van der Waals surface area contributed by atoms with E-state index in [1.165, 1.54) is 10.9 Å². The molecule has 0 aliphatic carbocycles. The molecule has 1 amide bonds. The zero-order valence-electron chi connectivity index (χ0n) is 9.25. The van der Waals surface area contributed by atoms with Gasteiger partial charge in [-0.2, -0.15) is 13.2 Å². The van der Waals surface area contributed by atoms with Gasteiger partial charge in [0.05, 0.1) is 6.54 Å². The SMILES string of the molecule is Cn1cnnc1CNC(=O)C(C)(N)C(F)(F)F. The average Bonchev–Trinajstić information content (AvgIpc) is 2.58. The van der Waals surface area contributed by atoms with Gasteiger partial charge in [-0.15, -0.1) is 10.2 Å². The zero-order chi connectivity index (χ0) is 13.3. The Bertz CT molecular complexity index is 412. The number of nitrogens with zero attached hydrogens (tertiary/aromatic N) is 3. The molecule has 1 heterocycles. The fourth-order valence-corrected chi connectivity index (χ4v) is 0.939. The zero-order valence-corrected chi connectivity index (χ0v) is 9.25. The minimum atomic E-state index is -4.81. The van der Waals surface area contributed by atoms with Crippen molar-refractivity contribution in [2.75, 3.05) is 0 Å². The number of nitrogens with two attached hydrogens (primary N) is 1. The lowest BCUT2D eigenvalue weighted by molar-refractivity contribution is -0.187. The monoisotopic (exact) mass is 251 g/mol. The number of nitrogens with one attached hydrogen (secondary N) is 1. The van der Waals surface area contributed by atoms with Crippen LogP contribution in [0.4, 0.5) is 13.2 Å². The second-order valence-corrected chi connectivity index (χ2v) is 3.74. The van der Waals surface area contributed by atoms with Crippen molar-refractivity contribution in [2.24, 2.45) is 12.8 Å². The fourth-order valence-electron chi connectivity index (χ4n) is 0.939. The largest absolute Gasteiger partial charge is 0.415 e. The molecule has 0 radical (unpaired) electrons. The minimum Gasteiger partial charge on any atom is -0.347 e. The van der Waals surface area contributed by atoms with Crippen LogP contribution < -0.4 is 11.1 Å². The number of hydrogen-bond acceptors (Lipinski definition) is 4. The number of aryl methyl sites for hydroxylation is 1. The molecule has 0 aliphatic heterocycles. The average molecular weight is 251 g/mol. The Labute approximate surface area is 95.0 Å². The van der Waals surface area contributed by atoms with E-state index in [4.69, 9.17) is 5.73 Å². The van der Waals surface area contributed by atoms with E-state index >= 15 is 0 Å². The van der Waals surface area contributed by atoms with Crippen molar-refractivity contribution in [3.05, 3.63) is 12.2 Å². The molecule has 0 saturated heterocycles. The molecule has 1 atom stereocenters. The van der Waals surface area contributed by atoms with Gasteiger partial charge >= 0.3 is 6.18 Å². The number of rotatable bonds is 3. The van der Waals surface area contributed by atoms with Crippen LogP contribution in [-0.4, -0.2) is 32.4 Å². The maximum atomic E-state index is 12.4. The van der Waals surface area contributed by atoms with Gasteiger partial charge in [-0.25, -0.2) is 0 Å². The lowest BCUT2D eigenvalue weighted by Gasteiger charge is -2.25. The predicted molar refractivity (Wildman–Crippen MR) is 51.5 cm³/mol. The van der Waals surface area contributed by atoms with Crippen LogP contribution in [-0.2, 0) is 18.4 Å². The minimum absolute atomic E-state index is 0.168. The summed E-state index contributed by atoms with van der Waals surface area (Å²) < 4.78 is 38.7. The summed E-state index contributed by atoms with van der Waals surface area (Å²) in [6, 6.07) is 0. The van der Waals surface area contributed by atoms with Crippen LogP contribution in [0.3, 0.4) is 0 Å². The smallest absolute Gasteiger partial charge is 0.347 e. The van der Waals surface area contributed by atoms with E-state index in [-0.39, 0.29) is 6.54 Å². The first-order valence-corrected chi connectivity index (χ1v) is 4.63. The predicted octanol–water partition coefficient (Wildman–Crippen LogP) is -0.289. The molecule has 1 aromatic rings. The molecule has 0 aromatic carbocycles. The molecule has 0 bridgehead atoms. The Hall–Kier alpha value is -1.64. The van der Waals surface area contributed by atoms with Crippen LogP contribution >= 0.6 is 0 Å². The second-order valence-electron chi connectivity index (χ2n) is 3.74. The highest BCUT2D eigenvalue weighted by atomic mass is 19.4. The lowest BCUT2D eigenvalue weighted by Crippen LogP contribution is -2.61. The summed E-state index contributed by atoms with van der Waals surface area (Å²) in [6.07, 6.45) is -3.44. The van der Waals surface area contributed by atoms with Gasteiger partial charge in [-0.3, -0.25) is 4.79 Å². The van der Waals surface area contributed by atoms with Gasteiger partial charge in [-0.1, -0.05) is 0 Å². The van der Waals surface area contributed by atoms with Crippen LogP contribution in [0.2, 0.25) is 0 Å². The highest BCUT2D eigenvalue weighted by Gasteiger charge is 2.53. The van der Waals surface area contributed by atoms with Crippen LogP contribution in [0.5, 0.6) is 0 Å². The Morgan fingerprint density at radius 2 is 2.18 bits per heavy atom. The molecule has 96 valence electrons. The highest BCUT2D eigenvalue weighted by molar-refractivity contribution is 5.86. The topological polar surface area (TPSA) is 85.8 Å². The van der Waals surface area contributed by atoms with Crippen molar-refractivity contribution in [1.82, 2.24) is 20.1 Å². The van der Waals surface area contributed by atoms with Crippen LogP contribution in [0.25, 0.3) is 0 Å². The third kappa shape index (κ3) is 2.73. The Kier molecular flexibility index (Phi) is 3.41. The fraction of sp³-hybridized carbons (Fsp3) is 0.625. The molecule has 17 heavy (non-hydrogen) atoms. The van der Waals surface area contributed by atoms with E-state index in [9.17, 15) is 18.0 Å². The highest BCUT2D eigenvalue weighted by Crippen LogP contribution is 2.27. The van der Waals surface area contributed by atoms with Gasteiger partial charge in [0, 0.05) is 7.05 Å². The molecule has 9 heteroatoms. The van der Waals surface area contributed by atoms with Crippen molar-refractivity contribution in [3.63, 3.8) is 0 Å². The van der Waals surface area contributed by atoms with E-state index in [1.807, 2.05) is 0 Å². The Morgan fingerprint density at radius 1 is 1.59 bits per heavy atom. The summed E-state index contributed by atoms with van der Waals surface area (Å²) in [5, 5.41) is 9.19. The summed E-state index contributed by atoms with van der Waals surface area (Å²) in [4.78, 5) is 11.3. The summed E-state index contributed by atoms with van der Waals surface area (Å²) >= 11 is 0. The maximum Gasteiger partial charge on any atom is 0.415 e. The van der Waals surface area contributed by atoms with Gasteiger partial charge in [0.1, 0.15) is 6.33 Å². The van der Waals surface area contributed by atoms with E-state index in [2.05, 4.69) is 15.5 Å². The summed E-state index contributed by atoms with van der Waals surface area (Å²) in [7, 11) is 1.60. The Balaban J connectivity index is 2.65. The summed E-state index contributed by atoms with van der Waals surface area (Å²) in [5.41, 5.74) is 2.01. The number of carbonyl (C=O) groups is 1. The normalized spacial score (nSPS) is 15.4. The van der Waals surface area contributed by atoms with Crippen molar-refractivity contribution >= 4 is 5.91 Å². The van der Waals surface area contributed by atoms with Gasteiger partial charge in [0.2, 0.25) is 5.91 Å². The van der Waals surface area contributed by atoms with E-state index in [0.717, 1.165) is 0 Å². The molecule has 0 spiro atoms. The van der Waals surface area contributed by atoms with E-state index < -0.39 is 17.6 Å². The lowest BCUT2D eigenvalue weighted by atomic mass is 10.0. The molecule has 0 fully saturated rings. The number of hydrogen-bond donors (Lipinski definition) is 2. The third-order valence-electron chi connectivity index (χ3n) is 2.27. The van der Waals surface area contributed by atoms with Gasteiger partial charge < -0.3 is 15.6 Å². The number of alkyl halides is 3. The van der Waals surface area contributed by atoms with Crippen LogP contribution in [0.15, 0.2) is 6.33 Å². The molecule has 6 nitrogen and oxygen atoms in total. The van der Waals surface area contributed by atoms with Crippen molar-refractivity contribution in [2.45, 2.75) is 25.2 Å². The van der Waals surface area contributed by atoms with Crippen LogP contribution in [0.1, 0.15) is 12.7 Å². The maximum absolute atomic E-state index is 12.4. The number of carbonyl (C=O) groups excluding carboxylic acids is 1. The molecule has 1 aromatic heterocycles. The van der Waals surface area contributed by atoms with Crippen LogP contribution in [0, 0.1) is 0 Å². The van der Waals surface area contributed by atoms with Gasteiger partial charge in [0.15, 0.2) is 11.4 Å². The first kappa shape index (κ1) is 13.4. The van der Waals surface area contributed by atoms with Crippen molar-refractivity contribution in [3.8, 4) is 0 Å². The number of halogens is 3. The first-order valence-electron chi connectivity index (χ1n) is 4.63. The molecule has 1 rings (SSSR count). The molecular weight excluding hydrogens is 239 g/mol. The first-order chi connectivity index (χ1) is 7.66. The van der Waals surface area contributed by atoms with Gasteiger partial charge in [0.25, 0.3) is 0 Å². The van der Waals surface area contributed by atoms with Crippen molar-refractivity contribution < 1.29 is 18.0 Å². The van der Waals surface area contributed by atoms with Crippen molar-refractivity contribution in [1.29, 1.82) is 0 Å².